The van der Waals surface area contributed by atoms with Crippen molar-refractivity contribution < 1.29 is 37.3 Å². The van der Waals surface area contributed by atoms with Crippen LogP contribution in [0.4, 0.5) is 19.3 Å². The van der Waals surface area contributed by atoms with Crippen molar-refractivity contribution in [3.8, 4) is 11.3 Å². The minimum absolute atomic E-state index is 0.0519. The van der Waals surface area contributed by atoms with Gasteiger partial charge >= 0.3 is 6.03 Å². The van der Waals surface area contributed by atoms with Gasteiger partial charge < -0.3 is 39.5 Å². The second kappa shape index (κ2) is 25.6. The first-order valence-corrected chi connectivity index (χ1v) is 21.6. The Balaban J connectivity index is 1.17. The average Bonchev–Trinajstić information content (AvgIpc) is 3.94. The summed E-state index contributed by atoms with van der Waals surface area (Å²) in [5.41, 5.74) is 10.3. The number of halogens is 2. The quantitative estimate of drug-likeness (QED) is 0.0265. The van der Waals surface area contributed by atoms with E-state index in [1.807, 2.05) is 42.3 Å². The number of ether oxygens (including phenoxy) is 4. The van der Waals surface area contributed by atoms with Crippen LogP contribution in [0, 0.1) is 11.6 Å². The number of urea groups is 1. The summed E-state index contributed by atoms with van der Waals surface area (Å²) in [4.78, 5) is 50.4. The maximum Gasteiger partial charge on any atom is 0.319 e. The lowest BCUT2D eigenvalue weighted by molar-refractivity contribution is -0.00199. The predicted octanol–water partition coefficient (Wildman–Crippen LogP) is 5.16. The van der Waals surface area contributed by atoms with Gasteiger partial charge in [-0.05, 0) is 49.3 Å². The normalized spacial score (nSPS) is 11.2. The number of nitrogens with zero attached hydrogens (tertiary/aromatic N) is 10. The third kappa shape index (κ3) is 14.5. The topological polar surface area (TPSA) is 229 Å². The largest absolute Gasteiger partial charge is 0.379 e. The molecule has 0 bridgehead atoms. The summed E-state index contributed by atoms with van der Waals surface area (Å²) in [6, 6.07) is 19.8. The molecule has 354 valence electrons. The number of aromatic nitrogens is 6. The van der Waals surface area contributed by atoms with Crippen molar-refractivity contribution in [2.75, 3.05) is 78.3 Å². The number of nitrogens with one attached hydrogen (secondary N) is 3. The number of azide groups is 1. The zero-order valence-electron chi connectivity index (χ0n) is 37.3. The van der Waals surface area contributed by atoms with E-state index in [0.717, 1.165) is 17.7 Å². The Kier molecular flexibility index (Phi) is 18.8. The molecule has 3 aromatic carbocycles. The fourth-order valence-corrected chi connectivity index (χ4v) is 6.86. The molecule has 3 amide bonds. The molecule has 0 spiro atoms. The highest BCUT2D eigenvalue weighted by molar-refractivity contribution is 5.94. The number of fused-ring (bicyclic) bond motifs is 1. The standard InChI is InChI=1S/C45H53F2N13O7/c1-3-49-44(63)52-34-14-12-33(13-15-34)41-40(31-57(2)27-32-8-5-4-6-9-32)60-43(62)37(30-58(45(60)53-41)29-36-38(46)10-7-11-39(36)47)42(61)50-26-35-28-59(56-54-35)17-19-65-21-23-67-25-24-66-22-20-64-18-16-51-55-48/h4-15,28,30H,3,16-27,29,31H2,1-2H3,(H,50,61)(H2,49,52,63). The summed E-state index contributed by atoms with van der Waals surface area (Å²) in [6.45, 7) is 6.01. The van der Waals surface area contributed by atoms with Crippen molar-refractivity contribution in [1.29, 1.82) is 0 Å². The molecule has 22 heteroatoms. The molecule has 20 nitrogen and oxygen atoms in total. The lowest BCUT2D eigenvalue weighted by atomic mass is 10.1. The molecule has 0 saturated heterocycles. The second-order valence-electron chi connectivity index (χ2n) is 15.0. The van der Waals surface area contributed by atoms with Gasteiger partial charge in [0.15, 0.2) is 0 Å². The van der Waals surface area contributed by atoms with Gasteiger partial charge in [0.2, 0.25) is 5.78 Å². The van der Waals surface area contributed by atoms with E-state index in [1.165, 1.54) is 21.2 Å². The van der Waals surface area contributed by atoms with Crippen molar-refractivity contribution >= 4 is 23.4 Å². The molecule has 0 atom stereocenters. The number of rotatable bonds is 27. The predicted molar refractivity (Wildman–Crippen MR) is 243 cm³/mol. The zero-order valence-corrected chi connectivity index (χ0v) is 37.3. The van der Waals surface area contributed by atoms with Gasteiger partial charge in [-0.2, -0.15) is 0 Å². The van der Waals surface area contributed by atoms with Crippen LogP contribution in [-0.2, 0) is 51.7 Å². The number of amides is 3. The summed E-state index contributed by atoms with van der Waals surface area (Å²) in [5, 5.41) is 19.8. The van der Waals surface area contributed by atoms with E-state index in [9.17, 15) is 14.4 Å². The van der Waals surface area contributed by atoms with Crippen LogP contribution in [0.3, 0.4) is 0 Å². The van der Waals surface area contributed by atoms with Gasteiger partial charge in [-0.25, -0.2) is 27.6 Å². The van der Waals surface area contributed by atoms with Gasteiger partial charge in [0.25, 0.3) is 11.5 Å². The van der Waals surface area contributed by atoms with E-state index in [4.69, 9.17) is 29.5 Å². The highest BCUT2D eigenvalue weighted by atomic mass is 19.1. The van der Waals surface area contributed by atoms with Gasteiger partial charge in [0.05, 0.1) is 90.1 Å². The molecule has 3 aromatic heterocycles. The number of anilines is 1. The average molecular weight is 926 g/mol. The lowest BCUT2D eigenvalue weighted by Gasteiger charge is -2.18. The monoisotopic (exact) mass is 925 g/mol. The SMILES string of the molecule is CCNC(=O)Nc1ccc(-c2nc3n(Cc4c(F)cccc4F)cc(C(=O)NCc4cn(CCOCCOCCOCCOCCN=[N+]=[N-])nn4)c(=O)n3c2CN(C)Cc2ccccc2)cc1. The van der Waals surface area contributed by atoms with Gasteiger partial charge in [-0.3, -0.25) is 14.5 Å². The van der Waals surface area contributed by atoms with Gasteiger partial charge in [0, 0.05) is 54.1 Å². The molecule has 0 aliphatic rings. The molecule has 0 saturated carbocycles. The van der Waals surface area contributed by atoms with Crippen LogP contribution in [0.25, 0.3) is 27.5 Å². The third-order valence-electron chi connectivity index (χ3n) is 10.0. The van der Waals surface area contributed by atoms with Crippen molar-refractivity contribution in [2.24, 2.45) is 5.11 Å². The Hall–Kier alpha value is -7.07. The molecular weight excluding hydrogens is 873 g/mol. The fourth-order valence-electron chi connectivity index (χ4n) is 6.86. The number of carbonyl (C=O) groups is 2. The van der Waals surface area contributed by atoms with E-state index >= 15 is 8.78 Å². The van der Waals surface area contributed by atoms with E-state index in [-0.39, 0.29) is 42.6 Å². The van der Waals surface area contributed by atoms with E-state index in [1.54, 1.807) is 42.1 Å². The Bertz CT molecular complexity index is 2630. The van der Waals surface area contributed by atoms with Crippen molar-refractivity contribution in [2.45, 2.75) is 39.6 Å². The Morgan fingerprint density at radius 3 is 2.18 bits per heavy atom. The van der Waals surface area contributed by atoms with Gasteiger partial charge in [-0.1, -0.05) is 58.9 Å². The molecule has 3 heterocycles. The molecule has 0 radical (unpaired) electrons. The maximum atomic E-state index is 15.2. The molecule has 0 fully saturated rings. The van der Waals surface area contributed by atoms with Crippen LogP contribution < -0.4 is 21.5 Å². The molecule has 6 aromatic rings. The second-order valence-corrected chi connectivity index (χ2v) is 15.0. The van der Waals surface area contributed by atoms with Crippen LogP contribution in [0.1, 0.15) is 39.8 Å². The molecule has 67 heavy (non-hydrogen) atoms. The van der Waals surface area contributed by atoms with Crippen molar-refractivity contribution in [3.05, 3.63) is 146 Å². The van der Waals surface area contributed by atoms with Crippen LogP contribution >= 0.6 is 0 Å². The van der Waals surface area contributed by atoms with Crippen LogP contribution in [0.5, 0.6) is 0 Å². The summed E-state index contributed by atoms with van der Waals surface area (Å²) in [7, 11) is 1.88. The first kappa shape index (κ1) is 49.4. The Morgan fingerprint density at radius 1 is 0.836 bits per heavy atom. The number of carbonyl (C=O) groups excluding carboxylic acids is 2. The summed E-state index contributed by atoms with van der Waals surface area (Å²) in [5.74, 6) is -2.32. The Labute approximate surface area is 384 Å². The minimum atomic E-state index is -0.810. The molecule has 0 aliphatic carbocycles. The van der Waals surface area contributed by atoms with Crippen molar-refractivity contribution in [3.63, 3.8) is 0 Å². The smallest absolute Gasteiger partial charge is 0.319 e. The molecular formula is C45H53F2N13O7. The van der Waals surface area contributed by atoms with Crippen molar-refractivity contribution in [1.82, 2.24) is 44.5 Å². The van der Waals surface area contributed by atoms with Crippen LogP contribution in [0.15, 0.2) is 95.1 Å². The number of hydrogen-bond acceptors (Lipinski definition) is 12. The van der Waals surface area contributed by atoms with Gasteiger partial charge in [0.1, 0.15) is 22.9 Å². The molecule has 3 N–H and O–H groups in total. The van der Waals surface area contributed by atoms with Gasteiger partial charge in [-0.15, -0.1) is 5.10 Å². The lowest BCUT2D eigenvalue weighted by Crippen LogP contribution is -2.34. The molecule has 6 rings (SSSR count). The number of benzene rings is 3. The first-order chi connectivity index (χ1) is 32.6. The fraction of sp³-hybridized carbons (Fsp3) is 0.378. The summed E-state index contributed by atoms with van der Waals surface area (Å²) >= 11 is 0. The summed E-state index contributed by atoms with van der Waals surface area (Å²) in [6.07, 6.45) is 2.89. The Morgan fingerprint density at radius 2 is 1.51 bits per heavy atom. The van der Waals surface area contributed by atoms with E-state index < -0.39 is 29.6 Å². The molecule has 0 aliphatic heterocycles. The maximum absolute atomic E-state index is 15.2. The highest BCUT2D eigenvalue weighted by Crippen LogP contribution is 2.28. The third-order valence-corrected chi connectivity index (χ3v) is 10.0. The van der Waals surface area contributed by atoms with Crippen LogP contribution in [0.2, 0.25) is 0 Å². The minimum Gasteiger partial charge on any atom is -0.379 e. The van der Waals surface area contributed by atoms with E-state index in [2.05, 4.69) is 36.3 Å². The zero-order chi connectivity index (χ0) is 47.4. The van der Waals surface area contributed by atoms with Crippen LogP contribution in [-0.4, -0.2) is 119 Å². The highest BCUT2D eigenvalue weighted by Gasteiger charge is 2.25. The number of imidazole rings is 1. The molecule has 0 unspecified atom stereocenters. The number of hydrogen-bond donors (Lipinski definition) is 3. The first-order valence-electron chi connectivity index (χ1n) is 21.6. The summed E-state index contributed by atoms with van der Waals surface area (Å²) < 4.78 is 56.5. The van der Waals surface area contributed by atoms with E-state index in [0.29, 0.717) is 101 Å².